The second-order valence-electron chi connectivity index (χ2n) is 4.73. The van der Waals surface area contributed by atoms with Crippen LogP contribution in [0.1, 0.15) is 33.0 Å². The van der Waals surface area contributed by atoms with Crippen LogP contribution in [0, 0.1) is 11.7 Å². The zero-order chi connectivity index (χ0) is 12.6. The third kappa shape index (κ3) is 1.95. The molecule has 0 radical (unpaired) electrons. The van der Waals surface area contributed by atoms with Gasteiger partial charge in [-0.1, -0.05) is 32.4 Å². The number of aliphatic hydroxyl groups is 1. The van der Waals surface area contributed by atoms with Gasteiger partial charge in [-0.3, -0.25) is 0 Å². The Morgan fingerprint density at radius 3 is 2.76 bits per heavy atom. The van der Waals surface area contributed by atoms with Crippen molar-refractivity contribution >= 4 is 11.0 Å². The summed E-state index contributed by atoms with van der Waals surface area (Å²) in [5, 5.41) is 11.1. The standard InChI is InChI=1S/C14H17FO2/c1-4-9(2)14(3,16)12-8-10-6-5-7-11(15)13(10)17-12/h5-9,16H,4H2,1-3H3. The zero-order valence-corrected chi connectivity index (χ0v) is 10.3. The maximum Gasteiger partial charge on any atom is 0.170 e. The first-order valence-electron chi connectivity index (χ1n) is 5.87. The van der Waals surface area contributed by atoms with Crippen LogP contribution in [0.15, 0.2) is 28.7 Å². The van der Waals surface area contributed by atoms with Gasteiger partial charge < -0.3 is 9.52 Å². The Hall–Kier alpha value is -1.35. The van der Waals surface area contributed by atoms with Gasteiger partial charge in [0.2, 0.25) is 0 Å². The lowest BCUT2D eigenvalue weighted by molar-refractivity contribution is -0.0183. The first-order valence-corrected chi connectivity index (χ1v) is 5.87. The molecular weight excluding hydrogens is 219 g/mol. The summed E-state index contributed by atoms with van der Waals surface area (Å²) in [6.45, 7) is 5.66. The Morgan fingerprint density at radius 2 is 2.18 bits per heavy atom. The molecule has 1 heterocycles. The lowest BCUT2D eigenvalue weighted by atomic mass is 9.86. The van der Waals surface area contributed by atoms with E-state index in [1.54, 1.807) is 25.1 Å². The number of halogens is 1. The molecule has 2 nitrogen and oxygen atoms in total. The van der Waals surface area contributed by atoms with Crippen molar-refractivity contribution < 1.29 is 13.9 Å². The molecule has 2 atom stereocenters. The average molecular weight is 236 g/mol. The van der Waals surface area contributed by atoms with Gasteiger partial charge in [-0.05, 0) is 25.0 Å². The summed E-state index contributed by atoms with van der Waals surface area (Å²) < 4.78 is 19.0. The molecule has 2 rings (SSSR count). The highest BCUT2D eigenvalue weighted by Crippen LogP contribution is 2.35. The average Bonchev–Trinajstić information content (AvgIpc) is 2.74. The molecule has 2 aromatic rings. The Labute approximate surface area is 100 Å². The molecule has 17 heavy (non-hydrogen) atoms. The quantitative estimate of drug-likeness (QED) is 0.878. The minimum Gasteiger partial charge on any atom is -0.455 e. The number of furan rings is 1. The first kappa shape index (κ1) is 12.1. The minimum atomic E-state index is -1.07. The number of fused-ring (bicyclic) bond motifs is 1. The Kier molecular flexibility index (Phi) is 2.96. The number of benzene rings is 1. The van der Waals surface area contributed by atoms with E-state index >= 15 is 0 Å². The van der Waals surface area contributed by atoms with Gasteiger partial charge in [0.25, 0.3) is 0 Å². The molecule has 3 heteroatoms. The molecule has 0 spiro atoms. The molecule has 0 fully saturated rings. The SMILES string of the molecule is CCC(C)C(C)(O)c1cc2cccc(F)c2o1. The van der Waals surface area contributed by atoms with Gasteiger partial charge >= 0.3 is 0 Å². The van der Waals surface area contributed by atoms with Gasteiger partial charge in [-0.25, -0.2) is 4.39 Å². The molecule has 0 bridgehead atoms. The van der Waals surface area contributed by atoms with Crippen LogP contribution < -0.4 is 0 Å². The van der Waals surface area contributed by atoms with Crippen LogP contribution in [0.2, 0.25) is 0 Å². The summed E-state index contributed by atoms with van der Waals surface area (Å²) in [5.74, 6) is 0.0757. The molecule has 1 aromatic carbocycles. The van der Waals surface area contributed by atoms with Crippen molar-refractivity contribution in [3.63, 3.8) is 0 Å². The van der Waals surface area contributed by atoms with Gasteiger partial charge in [0, 0.05) is 5.39 Å². The van der Waals surface area contributed by atoms with E-state index in [1.807, 2.05) is 13.8 Å². The Balaban J connectivity index is 2.53. The monoisotopic (exact) mass is 236 g/mol. The smallest absolute Gasteiger partial charge is 0.170 e. The first-order chi connectivity index (χ1) is 7.96. The summed E-state index contributed by atoms with van der Waals surface area (Å²) >= 11 is 0. The summed E-state index contributed by atoms with van der Waals surface area (Å²) in [6.07, 6.45) is 0.826. The van der Waals surface area contributed by atoms with E-state index in [-0.39, 0.29) is 11.5 Å². The maximum atomic E-state index is 13.5. The molecule has 0 saturated heterocycles. The van der Waals surface area contributed by atoms with Gasteiger partial charge in [0.05, 0.1) is 0 Å². The van der Waals surface area contributed by atoms with E-state index < -0.39 is 11.4 Å². The van der Waals surface area contributed by atoms with Crippen LogP contribution in [0.5, 0.6) is 0 Å². The van der Waals surface area contributed by atoms with Crippen molar-refractivity contribution in [1.82, 2.24) is 0 Å². The molecule has 0 aliphatic carbocycles. The predicted octanol–water partition coefficient (Wildman–Crippen LogP) is 3.83. The molecule has 0 aliphatic rings. The molecular formula is C14H17FO2. The number of rotatable bonds is 3. The van der Waals surface area contributed by atoms with Gasteiger partial charge in [-0.15, -0.1) is 0 Å². The molecule has 0 saturated carbocycles. The van der Waals surface area contributed by atoms with Crippen molar-refractivity contribution in [2.75, 3.05) is 0 Å². The van der Waals surface area contributed by atoms with E-state index in [0.29, 0.717) is 11.1 Å². The van der Waals surface area contributed by atoms with Crippen molar-refractivity contribution in [1.29, 1.82) is 0 Å². The minimum absolute atomic E-state index is 0.0473. The maximum absolute atomic E-state index is 13.5. The largest absolute Gasteiger partial charge is 0.455 e. The fourth-order valence-corrected chi connectivity index (χ4v) is 1.92. The summed E-state index contributed by atoms with van der Waals surface area (Å²) in [4.78, 5) is 0. The highest BCUT2D eigenvalue weighted by Gasteiger charge is 2.33. The number of hydrogen-bond acceptors (Lipinski definition) is 2. The van der Waals surface area contributed by atoms with Crippen molar-refractivity contribution in [2.24, 2.45) is 5.92 Å². The lowest BCUT2D eigenvalue weighted by Crippen LogP contribution is -2.28. The van der Waals surface area contributed by atoms with Crippen LogP contribution in [0.3, 0.4) is 0 Å². The van der Waals surface area contributed by atoms with E-state index in [1.165, 1.54) is 6.07 Å². The van der Waals surface area contributed by atoms with E-state index in [9.17, 15) is 9.50 Å². The van der Waals surface area contributed by atoms with Gasteiger partial charge in [0.1, 0.15) is 11.4 Å². The Bertz CT molecular complexity index is 528. The van der Waals surface area contributed by atoms with Crippen molar-refractivity contribution in [3.8, 4) is 0 Å². The van der Waals surface area contributed by atoms with Crippen LogP contribution in [-0.4, -0.2) is 5.11 Å². The van der Waals surface area contributed by atoms with E-state index in [0.717, 1.165) is 6.42 Å². The van der Waals surface area contributed by atoms with Gasteiger partial charge in [-0.2, -0.15) is 0 Å². The predicted molar refractivity (Wildman–Crippen MR) is 65.2 cm³/mol. The van der Waals surface area contributed by atoms with Gasteiger partial charge in [0.15, 0.2) is 11.4 Å². The van der Waals surface area contributed by atoms with Crippen LogP contribution in [0.25, 0.3) is 11.0 Å². The molecule has 2 unspecified atom stereocenters. The van der Waals surface area contributed by atoms with Crippen molar-refractivity contribution in [3.05, 3.63) is 35.8 Å². The highest BCUT2D eigenvalue weighted by atomic mass is 19.1. The highest BCUT2D eigenvalue weighted by molar-refractivity contribution is 5.78. The van der Waals surface area contributed by atoms with Crippen LogP contribution >= 0.6 is 0 Å². The molecule has 0 aliphatic heterocycles. The summed E-state index contributed by atoms with van der Waals surface area (Å²) in [5.41, 5.74) is -0.855. The van der Waals surface area contributed by atoms with Crippen LogP contribution in [0.4, 0.5) is 4.39 Å². The topological polar surface area (TPSA) is 33.4 Å². The van der Waals surface area contributed by atoms with Crippen LogP contribution in [-0.2, 0) is 5.60 Å². The second kappa shape index (κ2) is 4.15. The van der Waals surface area contributed by atoms with Crippen molar-refractivity contribution in [2.45, 2.75) is 32.8 Å². The third-order valence-electron chi connectivity index (χ3n) is 3.57. The Morgan fingerprint density at radius 1 is 1.47 bits per heavy atom. The normalized spacial score (nSPS) is 17.0. The molecule has 0 amide bonds. The number of para-hydroxylation sites is 1. The van der Waals surface area contributed by atoms with E-state index in [2.05, 4.69) is 0 Å². The molecule has 1 N–H and O–H groups in total. The summed E-state index contributed by atoms with van der Waals surface area (Å²) in [7, 11) is 0. The molecule has 92 valence electrons. The summed E-state index contributed by atoms with van der Waals surface area (Å²) in [6, 6.07) is 6.48. The second-order valence-corrected chi connectivity index (χ2v) is 4.73. The number of hydrogen-bond donors (Lipinski definition) is 1. The fraction of sp³-hybridized carbons (Fsp3) is 0.429. The fourth-order valence-electron chi connectivity index (χ4n) is 1.92. The zero-order valence-electron chi connectivity index (χ0n) is 10.3. The third-order valence-corrected chi connectivity index (χ3v) is 3.57. The van der Waals surface area contributed by atoms with E-state index in [4.69, 9.17) is 4.42 Å². The molecule has 1 aromatic heterocycles. The lowest BCUT2D eigenvalue weighted by Gasteiger charge is -2.27.